The van der Waals surface area contributed by atoms with Gasteiger partial charge < -0.3 is 14.8 Å². The third-order valence-electron chi connectivity index (χ3n) is 8.35. The van der Waals surface area contributed by atoms with Gasteiger partial charge in [0.15, 0.2) is 0 Å². The van der Waals surface area contributed by atoms with Crippen molar-refractivity contribution in [3.8, 4) is 11.1 Å². The van der Waals surface area contributed by atoms with Crippen LogP contribution in [0.5, 0.6) is 0 Å². The molecular weight excluding hydrogens is 603 g/mol. The van der Waals surface area contributed by atoms with Crippen LogP contribution in [0.1, 0.15) is 31.2 Å². The first-order valence-corrected chi connectivity index (χ1v) is 17.3. The number of nitrogens with zero attached hydrogens (tertiary/aromatic N) is 4. The molecule has 0 saturated carbocycles. The number of thiophene rings is 1. The molecule has 1 aliphatic carbocycles. The number of aromatic amines is 1. The average molecular weight is 640 g/mol. The number of sulfonamides is 1. The molecule has 1 aliphatic rings. The Balaban J connectivity index is 1.43. The molecule has 10 heteroatoms. The molecule has 45 heavy (non-hydrogen) atoms. The highest BCUT2D eigenvalue weighted by molar-refractivity contribution is 7.94. The number of aromatic nitrogens is 2. The fraction of sp³-hybridized carbons (Fsp3) is 0.257. The number of benzene rings is 2. The van der Waals surface area contributed by atoms with Crippen molar-refractivity contribution in [2.75, 3.05) is 43.9 Å². The highest BCUT2D eigenvalue weighted by Gasteiger charge is 2.24. The number of allylic oxidation sites excluding steroid dienone is 4. The van der Waals surface area contributed by atoms with Crippen molar-refractivity contribution in [3.05, 3.63) is 90.0 Å². The van der Waals surface area contributed by atoms with Gasteiger partial charge in [0.1, 0.15) is 9.86 Å². The van der Waals surface area contributed by atoms with Gasteiger partial charge in [0.05, 0.1) is 5.69 Å². The lowest BCUT2D eigenvalue weighted by molar-refractivity contribution is -0.118. The molecule has 6 rings (SSSR count). The van der Waals surface area contributed by atoms with Gasteiger partial charge in [0, 0.05) is 54.3 Å². The maximum atomic E-state index is 13.4. The lowest BCUT2D eigenvalue weighted by Gasteiger charge is -2.20. The van der Waals surface area contributed by atoms with Crippen LogP contribution in [-0.4, -0.2) is 63.9 Å². The van der Waals surface area contributed by atoms with E-state index in [-0.39, 0.29) is 5.91 Å². The molecule has 0 atom stereocenters. The lowest BCUT2D eigenvalue weighted by atomic mass is 9.88. The maximum absolute atomic E-state index is 13.4. The quantitative estimate of drug-likeness (QED) is 0.173. The van der Waals surface area contributed by atoms with Crippen LogP contribution < -0.4 is 9.21 Å². The molecule has 0 unspecified atom stereocenters. The van der Waals surface area contributed by atoms with Gasteiger partial charge in [-0.05, 0) is 98.4 Å². The first-order valence-electron chi connectivity index (χ1n) is 15.0. The Kier molecular flexibility index (Phi) is 8.63. The molecule has 0 saturated heterocycles. The summed E-state index contributed by atoms with van der Waals surface area (Å²) in [5, 5.41) is 3.64. The third-order valence-corrected chi connectivity index (χ3v) is 11.5. The van der Waals surface area contributed by atoms with E-state index >= 15 is 0 Å². The van der Waals surface area contributed by atoms with Crippen molar-refractivity contribution in [1.82, 2.24) is 14.9 Å². The lowest BCUT2D eigenvalue weighted by Crippen LogP contribution is -2.27. The van der Waals surface area contributed by atoms with Gasteiger partial charge in [-0.15, -0.1) is 11.3 Å². The zero-order chi connectivity index (χ0) is 31.7. The predicted molar refractivity (Wildman–Crippen MR) is 186 cm³/mol. The summed E-state index contributed by atoms with van der Waals surface area (Å²) in [6.07, 6.45) is 11.5. The summed E-state index contributed by atoms with van der Waals surface area (Å²) >= 11 is 1.21. The Morgan fingerprint density at radius 1 is 1.02 bits per heavy atom. The van der Waals surface area contributed by atoms with Gasteiger partial charge in [-0.3, -0.25) is 9.10 Å². The molecular formula is C35H37N5O3S2. The number of hydrogen-bond donors (Lipinski definition) is 1. The molecule has 3 aromatic heterocycles. The van der Waals surface area contributed by atoms with E-state index in [1.165, 1.54) is 21.2 Å². The molecule has 8 nitrogen and oxygen atoms in total. The van der Waals surface area contributed by atoms with Crippen LogP contribution in [0.25, 0.3) is 38.6 Å². The molecule has 1 N–H and O–H groups in total. The second kappa shape index (κ2) is 12.6. The number of carbonyl (C=O) groups excluding carboxylic acids is 1. The second-order valence-corrected chi connectivity index (χ2v) is 14.7. The maximum Gasteiger partial charge on any atom is 0.273 e. The van der Waals surface area contributed by atoms with Crippen molar-refractivity contribution in [1.29, 1.82) is 0 Å². The summed E-state index contributed by atoms with van der Waals surface area (Å²) < 4.78 is 28.4. The zero-order valence-corrected chi connectivity index (χ0v) is 27.6. The number of rotatable bonds is 10. The van der Waals surface area contributed by atoms with Crippen LogP contribution in [0.4, 0.5) is 11.4 Å². The predicted octanol–water partition coefficient (Wildman–Crippen LogP) is 7.31. The molecule has 232 valence electrons. The van der Waals surface area contributed by atoms with E-state index in [2.05, 4.69) is 28.1 Å². The molecule has 1 amide bonds. The van der Waals surface area contributed by atoms with Crippen molar-refractivity contribution < 1.29 is 13.2 Å². The molecule has 0 aliphatic heterocycles. The van der Waals surface area contributed by atoms with E-state index in [4.69, 9.17) is 4.98 Å². The summed E-state index contributed by atoms with van der Waals surface area (Å²) in [6.45, 7) is 0.873. The fourth-order valence-electron chi connectivity index (χ4n) is 5.81. The van der Waals surface area contributed by atoms with Gasteiger partial charge in [0.25, 0.3) is 10.0 Å². The summed E-state index contributed by atoms with van der Waals surface area (Å²) in [5.41, 5.74) is 7.32. The van der Waals surface area contributed by atoms with Gasteiger partial charge in [-0.1, -0.05) is 36.4 Å². The number of anilines is 2. The Morgan fingerprint density at radius 3 is 2.49 bits per heavy atom. The molecule has 0 spiro atoms. The SMILES string of the molecule is CN(C)CCCC(=O)N(C)c1ccc(-c2cnc3[nH]c4ccc(N(C)S(=O)(=O)c5cccs5)cc4c3c2C2=CC=CCC2)cc1. The number of hydrogen-bond acceptors (Lipinski definition) is 6. The highest BCUT2D eigenvalue weighted by Crippen LogP contribution is 2.41. The van der Waals surface area contributed by atoms with E-state index in [1.807, 2.05) is 69.8 Å². The van der Waals surface area contributed by atoms with E-state index in [9.17, 15) is 13.2 Å². The standard InChI is InChI=1S/C35H37N5O3S2/c1-38(2)20-8-12-31(41)39(3)26-16-14-24(15-17-26)29-23-36-35-34(33(29)25-10-6-5-7-11-25)28-22-27(18-19-30(28)37-35)40(4)45(42,43)32-13-9-21-44-32/h5-6,9-10,13-19,21-23H,7-8,11-12,20H2,1-4H3,(H,36,37). The number of fused-ring (bicyclic) bond motifs is 3. The van der Waals surface area contributed by atoms with Crippen LogP contribution in [0, 0.1) is 0 Å². The smallest absolute Gasteiger partial charge is 0.273 e. The Hall–Kier alpha value is -4.25. The van der Waals surface area contributed by atoms with Crippen LogP contribution in [0.3, 0.4) is 0 Å². The molecule has 0 radical (unpaired) electrons. The molecule has 3 heterocycles. The van der Waals surface area contributed by atoms with Crippen molar-refractivity contribution >= 4 is 66.2 Å². The van der Waals surface area contributed by atoms with Crippen LogP contribution >= 0.6 is 11.3 Å². The van der Waals surface area contributed by atoms with Crippen LogP contribution in [-0.2, 0) is 14.8 Å². The van der Waals surface area contributed by atoms with Crippen molar-refractivity contribution in [2.24, 2.45) is 0 Å². The van der Waals surface area contributed by atoms with E-state index < -0.39 is 10.0 Å². The minimum absolute atomic E-state index is 0.0909. The minimum Gasteiger partial charge on any atom is -0.339 e. The number of amides is 1. The second-order valence-electron chi connectivity index (χ2n) is 11.6. The first-order chi connectivity index (χ1) is 21.6. The Morgan fingerprint density at radius 2 is 1.80 bits per heavy atom. The zero-order valence-electron chi connectivity index (χ0n) is 25.9. The van der Waals surface area contributed by atoms with Crippen molar-refractivity contribution in [2.45, 2.75) is 29.9 Å². The fourth-order valence-corrected chi connectivity index (χ4v) is 8.16. The van der Waals surface area contributed by atoms with Crippen LogP contribution in [0.15, 0.2) is 88.6 Å². The third kappa shape index (κ3) is 6.05. The van der Waals surface area contributed by atoms with E-state index in [0.29, 0.717) is 16.3 Å². The number of H-pyrrole nitrogens is 1. The van der Waals surface area contributed by atoms with Crippen LogP contribution in [0.2, 0.25) is 0 Å². The van der Waals surface area contributed by atoms with Gasteiger partial charge in [-0.2, -0.15) is 0 Å². The Labute approximate surface area is 268 Å². The number of pyridine rings is 1. The van der Waals surface area contributed by atoms with E-state index in [0.717, 1.165) is 70.1 Å². The average Bonchev–Trinajstić information content (AvgIpc) is 3.73. The summed E-state index contributed by atoms with van der Waals surface area (Å²) in [4.78, 5) is 24.9. The summed E-state index contributed by atoms with van der Waals surface area (Å²) in [7, 11) is 3.75. The largest absolute Gasteiger partial charge is 0.339 e. The molecule has 5 aromatic rings. The normalized spacial score (nSPS) is 13.5. The number of carbonyl (C=O) groups is 1. The number of nitrogens with one attached hydrogen (secondary N) is 1. The van der Waals surface area contributed by atoms with Gasteiger partial charge in [-0.25, -0.2) is 13.4 Å². The molecule has 0 bridgehead atoms. The van der Waals surface area contributed by atoms with Gasteiger partial charge >= 0.3 is 0 Å². The first kappa shape index (κ1) is 30.8. The molecule has 0 fully saturated rings. The Bertz CT molecular complexity index is 2030. The topological polar surface area (TPSA) is 89.6 Å². The highest BCUT2D eigenvalue weighted by atomic mass is 32.2. The molecule has 2 aromatic carbocycles. The monoisotopic (exact) mass is 639 g/mol. The van der Waals surface area contributed by atoms with E-state index in [1.54, 1.807) is 29.5 Å². The summed E-state index contributed by atoms with van der Waals surface area (Å²) in [5.74, 6) is 0.0909. The van der Waals surface area contributed by atoms with Gasteiger partial charge in [0.2, 0.25) is 5.91 Å². The minimum atomic E-state index is -3.69. The summed E-state index contributed by atoms with van der Waals surface area (Å²) in [6, 6.07) is 17.1. The van der Waals surface area contributed by atoms with Crippen molar-refractivity contribution in [3.63, 3.8) is 0 Å².